The number of unbranched alkanes of at least 4 members (excludes halogenated alkanes) is 6. The van der Waals surface area contributed by atoms with Gasteiger partial charge in [-0.3, -0.25) is 0 Å². The number of benzene rings is 1. The first-order valence-corrected chi connectivity index (χ1v) is 8.35. The fraction of sp³-hybridized carbons (Fsp3) is 0.667. The van der Waals surface area contributed by atoms with Gasteiger partial charge in [-0.1, -0.05) is 38.2 Å². The highest BCUT2D eigenvalue weighted by Crippen LogP contribution is 2.32. The number of fused-ring (bicyclic) bond motifs is 1. The molecule has 0 amide bonds. The summed E-state index contributed by atoms with van der Waals surface area (Å²) < 4.78 is 21.4. The van der Waals surface area contributed by atoms with Gasteiger partial charge in [0, 0.05) is 20.3 Å². The van der Waals surface area contributed by atoms with Gasteiger partial charge in [-0.2, -0.15) is 0 Å². The zero-order valence-corrected chi connectivity index (χ0v) is 13.6. The van der Waals surface area contributed by atoms with Crippen molar-refractivity contribution < 1.29 is 18.9 Å². The summed E-state index contributed by atoms with van der Waals surface area (Å²) in [5, 5.41) is 0. The van der Waals surface area contributed by atoms with Crippen molar-refractivity contribution >= 4 is 0 Å². The first kappa shape index (κ1) is 17.1. The van der Waals surface area contributed by atoms with Crippen LogP contribution in [0.15, 0.2) is 18.2 Å². The van der Waals surface area contributed by atoms with Gasteiger partial charge in [0.2, 0.25) is 6.79 Å². The van der Waals surface area contributed by atoms with Crippen LogP contribution in [0.2, 0.25) is 0 Å². The molecule has 0 bridgehead atoms. The number of rotatable bonds is 12. The van der Waals surface area contributed by atoms with Crippen LogP contribution in [0.5, 0.6) is 11.5 Å². The van der Waals surface area contributed by atoms with Gasteiger partial charge in [-0.25, -0.2) is 0 Å². The van der Waals surface area contributed by atoms with E-state index < -0.39 is 0 Å². The lowest BCUT2D eigenvalue weighted by molar-refractivity contribution is 0.116. The van der Waals surface area contributed by atoms with Gasteiger partial charge in [0.15, 0.2) is 11.5 Å². The summed E-state index contributed by atoms with van der Waals surface area (Å²) in [5.41, 5.74) is 1.14. The fourth-order valence-corrected chi connectivity index (χ4v) is 2.56. The summed E-state index contributed by atoms with van der Waals surface area (Å²) in [7, 11) is 1.77. The second-order valence-electron chi connectivity index (χ2n) is 5.71. The van der Waals surface area contributed by atoms with E-state index in [2.05, 4.69) is 0 Å². The van der Waals surface area contributed by atoms with Gasteiger partial charge < -0.3 is 18.9 Å². The molecule has 0 fully saturated rings. The van der Waals surface area contributed by atoms with Crippen molar-refractivity contribution in [2.45, 2.75) is 51.6 Å². The molecule has 0 aliphatic carbocycles. The maximum atomic E-state index is 5.73. The van der Waals surface area contributed by atoms with Crippen molar-refractivity contribution in [2.24, 2.45) is 0 Å². The Labute approximate surface area is 133 Å². The van der Waals surface area contributed by atoms with Crippen LogP contribution >= 0.6 is 0 Å². The first-order valence-electron chi connectivity index (χ1n) is 8.35. The van der Waals surface area contributed by atoms with Gasteiger partial charge in [0.1, 0.15) is 0 Å². The highest BCUT2D eigenvalue weighted by molar-refractivity contribution is 5.44. The summed E-state index contributed by atoms with van der Waals surface area (Å²) in [4.78, 5) is 0. The van der Waals surface area contributed by atoms with E-state index >= 15 is 0 Å². The predicted molar refractivity (Wildman–Crippen MR) is 86.4 cm³/mol. The molecule has 0 atom stereocenters. The van der Waals surface area contributed by atoms with E-state index in [0.717, 1.165) is 36.7 Å². The molecule has 1 aromatic carbocycles. The zero-order valence-electron chi connectivity index (χ0n) is 13.6. The minimum absolute atomic E-state index is 0.325. The summed E-state index contributed by atoms with van der Waals surface area (Å²) in [6.45, 7) is 2.70. The number of methoxy groups -OCH3 is 1. The summed E-state index contributed by atoms with van der Waals surface area (Å²) in [6.07, 6.45) is 8.82. The highest BCUT2D eigenvalue weighted by atomic mass is 16.7. The third kappa shape index (κ3) is 6.24. The molecule has 124 valence electrons. The van der Waals surface area contributed by atoms with Gasteiger partial charge >= 0.3 is 0 Å². The molecule has 1 aliphatic rings. The maximum absolute atomic E-state index is 5.73. The largest absolute Gasteiger partial charge is 0.454 e. The van der Waals surface area contributed by atoms with Crippen molar-refractivity contribution in [2.75, 3.05) is 27.1 Å². The van der Waals surface area contributed by atoms with E-state index in [4.69, 9.17) is 18.9 Å². The third-order valence-corrected chi connectivity index (χ3v) is 3.84. The van der Waals surface area contributed by atoms with E-state index in [1.807, 2.05) is 18.2 Å². The van der Waals surface area contributed by atoms with Crippen LogP contribution in [0.1, 0.15) is 50.5 Å². The SMILES string of the molecule is COCCCCCCCCCOCc1ccc2c(c1)OCO2. The van der Waals surface area contributed by atoms with Crippen molar-refractivity contribution in [1.82, 2.24) is 0 Å². The van der Waals surface area contributed by atoms with E-state index in [-0.39, 0.29) is 0 Å². The molecule has 0 unspecified atom stereocenters. The van der Waals surface area contributed by atoms with Gasteiger partial charge in [-0.15, -0.1) is 0 Å². The predicted octanol–water partition coefficient (Wildman–Crippen LogP) is 4.31. The molecule has 0 saturated carbocycles. The molecule has 0 saturated heterocycles. The summed E-state index contributed by atoms with van der Waals surface area (Å²) in [6, 6.07) is 5.99. The molecule has 1 aromatic rings. The lowest BCUT2D eigenvalue weighted by Gasteiger charge is -2.06. The minimum atomic E-state index is 0.325. The van der Waals surface area contributed by atoms with E-state index in [0.29, 0.717) is 13.4 Å². The zero-order chi connectivity index (χ0) is 15.5. The maximum Gasteiger partial charge on any atom is 0.231 e. The Bertz CT molecular complexity index is 420. The van der Waals surface area contributed by atoms with Crippen molar-refractivity contribution in [1.29, 1.82) is 0 Å². The van der Waals surface area contributed by atoms with Crippen molar-refractivity contribution in [3.8, 4) is 11.5 Å². The topological polar surface area (TPSA) is 36.9 Å². The van der Waals surface area contributed by atoms with Crippen molar-refractivity contribution in [3.63, 3.8) is 0 Å². The average Bonchev–Trinajstić information content (AvgIpc) is 3.00. The second kappa shape index (κ2) is 10.5. The first-order chi connectivity index (χ1) is 10.9. The molecule has 0 radical (unpaired) electrons. The van der Waals surface area contributed by atoms with Crippen LogP contribution < -0.4 is 9.47 Å². The van der Waals surface area contributed by atoms with Crippen LogP contribution in [-0.4, -0.2) is 27.1 Å². The molecule has 4 nitrogen and oxygen atoms in total. The number of hydrogen-bond donors (Lipinski definition) is 0. The van der Waals surface area contributed by atoms with Gasteiger partial charge in [0.25, 0.3) is 0 Å². The highest BCUT2D eigenvalue weighted by Gasteiger charge is 2.12. The molecule has 1 aliphatic heterocycles. The molecule has 22 heavy (non-hydrogen) atoms. The van der Waals surface area contributed by atoms with Crippen LogP contribution in [0.25, 0.3) is 0 Å². The Balaban J connectivity index is 1.43. The third-order valence-electron chi connectivity index (χ3n) is 3.84. The molecule has 2 rings (SSSR count). The Hall–Kier alpha value is -1.26. The molecule has 4 heteroatoms. The number of ether oxygens (including phenoxy) is 4. The van der Waals surface area contributed by atoms with Crippen LogP contribution in [-0.2, 0) is 16.1 Å². The van der Waals surface area contributed by atoms with E-state index in [1.54, 1.807) is 7.11 Å². The smallest absolute Gasteiger partial charge is 0.231 e. The van der Waals surface area contributed by atoms with Gasteiger partial charge in [-0.05, 0) is 30.5 Å². The lowest BCUT2D eigenvalue weighted by Crippen LogP contribution is -1.96. The Kier molecular flexibility index (Phi) is 8.13. The standard InChI is InChI=1S/C18H28O4/c1-19-11-7-5-3-2-4-6-8-12-20-14-16-9-10-17-18(13-16)22-15-21-17/h9-10,13H,2-8,11-12,14-15H2,1H3. The molecular formula is C18H28O4. The van der Waals surface area contributed by atoms with Crippen LogP contribution in [0.4, 0.5) is 0 Å². The summed E-state index contributed by atoms with van der Waals surface area (Å²) in [5.74, 6) is 1.66. The molecule has 1 heterocycles. The van der Waals surface area contributed by atoms with E-state index in [1.165, 1.54) is 38.5 Å². The Morgan fingerprint density at radius 1 is 0.864 bits per heavy atom. The quantitative estimate of drug-likeness (QED) is 0.539. The fourth-order valence-electron chi connectivity index (χ4n) is 2.56. The molecular weight excluding hydrogens is 280 g/mol. The monoisotopic (exact) mass is 308 g/mol. The lowest BCUT2D eigenvalue weighted by atomic mass is 10.1. The molecule has 0 spiro atoms. The Morgan fingerprint density at radius 3 is 2.32 bits per heavy atom. The van der Waals surface area contributed by atoms with Crippen LogP contribution in [0, 0.1) is 0 Å². The minimum Gasteiger partial charge on any atom is -0.454 e. The van der Waals surface area contributed by atoms with E-state index in [9.17, 15) is 0 Å². The van der Waals surface area contributed by atoms with Crippen LogP contribution in [0.3, 0.4) is 0 Å². The summed E-state index contributed by atoms with van der Waals surface area (Å²) >= 11 is 0. The van der Waals surface area contributed by atoms with Crippen molar-refractivity contribution in [3.05, 3.63) is 23.8 Å². The average molecular weight is 308 g/mol. The molecule has 0 N–H and O–H groups in total. The second-order valence-corrected chi connectivity index (χ2v) is 5.71. The normalized spacial score (nSPS) is 12.8. The van der Waals surface area contributed by atoms with Gasteiger partial charge in [0.05, 0.1) is 6.61 Å². The number of hydrogen-bond acceptors (Lipinski definition) is 4. The Morgan fingerprint density at radius 2 is 1.55 bits per heavy atom. The molecule has 0 aromatic heterocycles.